The molecule has 28 heavy (non-hydrogen) atoms. The molecule has 1 N–H and O–H groups in total. The molecule has 0 aliphatic heterocycles. The fourth-order valence-corrected chi connectivity index (χ4v) is 3.17. The summed E-state index contributed by atoms with van der Waals surface area (Å²) in [6.07, 6.45) is 0.552. The number of benzene rings is 3. The molecule has 0 saturated heterocycles. The second-order valence-corrected chi connectivity index (χ2v) is 7.43. The highest BCUT2D eigenvalue weighted by Gasteiger charge is 2.11. The van der Waals surface area contributed by atoms with Crippen LogP contribution in [0.15, 0.2) is 65.1 Å². The van der Waals surface area contributed by atoms with E-state index in [0.717, 1.165) is 5.56 Å². The Labute approximate surface area is 176 Å². The number of oxazole rings is 1. The minimum atomic E-state index is -0.289. The van der Waals surface area contributed by atoms with E-state index in [0.29, 0.717) is 49.7 Å². The van der Waals surface area contributed by atoms with Crippen LogP contribution in [0.3, 0.4) is 0 Å². The van der Waals surface area contributed by atoms with Crippen molar-refractivity contribution in [2.45, 2.75) is 6.42 Å². The molecule has 1 amide bonds. The van der Waals surface area contributed by atoms with Gasteiger partial charge in [0.05, 0.1) is 10.0 Å². The summed E-state index contributed by atoms with van der Waals surface area (Å²) < 4.78 is 5.79. The third kappa shape index (κ3) is 4.14. The number of anilines is 1. The standard InChI is InChI=1S/C21H13Cl3N2O2/c22-14-4-1-12(2-5-14)9-20-26-18-11-15(6-8-19(18)28-20)25-21(27)13-3-7-16(23)17(24)10-13/h1-8,10-11H,9H2,(H,25,27). The van der Waals surface area contributed by atoms with Crippen LogP contribution in [0.4, 0.5) is 5.69 Å². The van der Waals surface area contributed by atoms with E-state index in [2.05, 4.69) is 10.3 Å². The van der Waals surface area contributed by atoms with E-state index in [1.165, 1.54) is 6.07 Å². The first kappa shape index (κ1) is 18.8. The van der Waals surface area contributed by atoms with Crippen LogP contribution < -0.4 is 5.32 Å². The lowest BCUT2D eigenvalue weighted by Gasteiger charge is -2.06. The van der Waals surface area contributed by atoms with E-state index in [1.807, 2.05) is 24.3 Å². The van der Waals surface area contributed by atoms with Crippen LogP contribution in [0.2, 0.25) is 15.1 Å². The Kier molecular flexibility index (Phi) is 5.27. The van der Waals surface area contributed by atoms with Gasteiger partial charge in [-0.3, -0.25) is 4.79 Å². The Morgan fingerprint density at radius 1 is 0.929 bits per heavy atom. The Balaban J connectivity index is 1.53. The summed E-state index contributed by atoms with van der Waals surface area (Å²) in [7, 11) is 0. The zero-order chi connectivity index (χ0) is 19.7. The van der Waals surface area contributed by atoms with Gasteiger partial charge in [-0.2, -0.15) is 0 Å². The molecule has 0 fully saturated rings. The molecule has 0 spiro atoms. The lowest BCUT2D eigenvalue weighted by Crippen LogP contribution is -2.11. The van der Waals surface area contributed by atoms with Gasteiger partial charge in [-0.05, 0) is 54.1 Å². The van der Waals surface area contributed by atoms with E-state index < -0.39 is 0 Å². The maximum absolute atomic E-state index is 12.4. The molecule has 0 atom stereocenters. The normalized spacial score (nSPS) is 11.0. The van der Waals surface area contributed by atoms with Gasteiger partial charge in [0.15, 0.2) is 11.5 Å². The first-order valence-electron chi connectivity index (χ1n) is 8.38. The molecule has 1 heterocycles. The van der Waals surface area contributed by atoms with E-state index >= 15 is 0 Å². The van der Waals surface area contributed by atoms with E-state index in [9.17, 15) is 4.79 Å². The molecule has 0 radical (unpaired) electrons. The van der Waals surface area contributed by atoms with Gasteiger partial charge in [0.25, 0.3) is 5.91 Å². The molecule has 7 heteroatoms. The smallest absolute Gasteiger partial charge is 0.255 e. The van der Waals surface area contributed by atoms with Crippen LogP contribution in [0.25, 0.3) is 11.1 Å². The van der Waals surface area contributed by atoms with E-state index in [1.54, 1.807) is 30.3 Å². The summed E-state index contributed by atoms with van der Waals surface area (Å²) in [5.74, 6) is 0.299. The van der Waals surface area contributed by atoms with Gasteiger partial charge in [-0.25, -0.2) is 4.98 Å². The maximum atomic E-state index is 12.4. The molecule has 140 valence electrons. The number of fused-ring (bicyclic) bond motifs is 1. The highest BCUT2D eigenvalue weighted by Crippen LogP contribution is 2.25. The monoisotopic (exact) mass is 430 g/mol. The van der Waals surface area contributed by atoms with Gasteiger partial charge >= 0.3 is 0 Å². The summed E-state index contributed by atoms with van der Waals surface area (Å²) >= 11 is 17.8. The van der Waals surface area contributed by atoms with Crippen LogP contribution >= 0.6 is 34.8 Å². The summed E-state index contributed by atoms with van der Waals surface area (Å²) in [6.45, 7) is 0. The molecular formula is C21H13Cl3N2O2. The van der Waals surface area contributed by atoms with Crippen molar-refractivity contribution in [2.24, 2.45) is 0 Å². The molecule has 0 aliphatic carbocycles. The van der Waals surface area contributed by atoms with Crippen molar-refractivity contribution >= 4 is 57.5 Å². The van der Waals surface area contributed by atoms with Crippen LogP contribution in [0.5, 0.6) is 0 Å². The maximum Gasteiger partial charge on any atom is 0.255 e. The van der Waals surface area contributed by atoms with Gasteiger partial charge in [0.1, 0.15) is 5.52 Å². The number of rotatable bonds is 4. The summed E-state index contributed by atoms with van der Waals surface area (Å²) in [4.78, 5) is 16.9. The molecule has 0 bridgehead atoms. The zero-order valence-electron chi connectivity index (χ0n) is 14.4. The summed E-state index contributed by atoms with van der Waals surface area (Å²) in [5.41, 5.74) is 3.38. The Morgan fingerprint density at radius 3 is 2.46 bits per heavy atom. The number of carbonyl (C=O) groups excluding carboxylic acids is 1. The first-order valence-corrected chi connectivity index (χ1v) is 9.51. The molecular weight excluding hydrogens is 419 g/mol. The van der Waals surface area contributed by atoms with E-state index in [-0.39, 0.29) is 5.91 Å². The van der Waals surface area contributed by atoms with Gasteiger partial charge in [0.2, 0.25) is 0 Å². The Morgan fingerprint density at radius 2 is 1.71 bits per heavy atom. The Bertz CT molecular complexity index is 1170. The number of carbonyl (C=O) groups is 1. The third-order valence-corrected chi connectivity index (χ3v) is 5.13. The van der Waals surface area contributed by atoms with Crippen molar-refractivity contribution in [3.05, 3.63) is 92.7 Å². The number of hydrogen-bond acceptors (Lipinski definition) is 3. The highest BCUT2D eigenvalue weighted by atomic mass is 35.5. The molecule has 3 aromatic carbocycles. The van der Waals surface area contributed by atoms with Crippen LogP contribution in [0, 0.1) is 0 Å². The molecule has 4 rings (SSSR count). The topological polar surface area (TPSA) is 55.1 Å². The van der Waals surface area contributed by atoms with Crippen molar-refractivity contribution in [1.82, 2.24) is 4.98 Å². The molecule has 0 aliphatic rings. The number of amides is 1. The second kappa shape index (κ2) is 7.84. The number of nitrogens with zero attached hydrogens (tertiary/aromatic N) is 1. The Hall–Kier alpha value is -2.53. The van der Waals surface area contributed by atoms with Crippen molar-refractivity contribution in [3.8, 4) is 0 Å². The van der Waals surface area contributed by atoms with Gasteiger partial charge in [0, 0.05) is 22.7 Å². The first-order chi connectivity index (χ1) is 13.5. The fourth-order valence-electron chi connectivity index (χ4n) is 2.75. The van der Waals surface area contributed by atoms with Crippen LogP contribution in [-0.2, 0) is 6.42 Å². The lowest BCUT2D eigenvalue weighted by atomic mass is 10.1. The number of nitrogens with one attached hydrogen (secondary N) is 1. The van der Waals surface area contributed by atoms with Crippen molar-refractivity contribution in [2.75, 3.05) is 5.32 Å². The van der Waals surface area contributed by atoms with Crippen LogP contribution in [0.1, 0.15) is 21.8 Å². The predicted octanol–water partition coefficient (Wildman–Crippen LogP) is 6.63. The zero-order valence-corrected chi connectivity index (χ0v) is 16.6. The average molecular weight is 432 g/mol. The molecule has 0 saturated carbocycles. The van der Waals surface area contributed by atoms with Gasteiger partial charge < -0.3 is 9.73 Å². The quantitative estimate of drug-likeness (QED) is 0.394. The second-order valence-electron chi connectivity index (χ2n) is 6.18. The van der Waals surface area contributed by atoms with Crippen molar-refractivity contribution < 1.29 is 9.21 Å². The summed E-state index contributed by atoms with van der Waals surface area (Å²) in [6, 6.07) is 17.5. The van der Waals surface area contributed by atoms with Gasteiger partial charge in [-0.1, -0.05) is 46.9 Å². The predicted molar refractivity (Wildman–Crippen MR) is 113 cm³/mol. The highest BCUT2D eigenvalue weighted by molar-refractivity contribution is 6.42. The SMILES string of the molecule is O=C(Nc1ccc2oc(Cc3ccc(Cl)cc3)nc2c1)c1ccc(Cl)c(Cl)c1. The number of halogens is 3. The molecule has 0 unspecified atom stereocenters. The molecule has 4 aromatic rings. The molecule has 1 aromatic heterocycles. The minimum Gasteiger partial charge on any atom is -0.440 e. The van der Waals surface area contributed by atoms with E-state index in [4.69, 9.17) is 39.2 Å². The van der Waals surface area contributed by atoms with Gasteiger partial charge in [-0.15, -0.1) is 0 Å². The number of aromatic nitrogens is 1. The van der Waals surface area contributed by atoms with Crippen LogP contribution in [-0.4, -0.2) is 10.9 Å². The average Bonchev–Trinajstić information content (AvgIpc) is 3.07. The molecule has 4 nitrogen and oxygen atoms in total. The largest absolute Gasteiger partial charge is 0.440 e. The van der Waals surface area contributed by atoms with Crippen molar-refractivity contribution in [3.63, 3.8) is 0 Å². The summed E-state index contributed by atoms with van der Waals surface area (Å²) in [5, 5.41) is 4.23. The minimum absolute atomic E-state index is 0.289. The fraction of sp³-hybridized carbons (Fsp3) is 0.0476. The lowest BCUT2D eigenvalue weighted by molar-refractivity contribution is 0.102. The third-order valence-electron chi connectivity index (χ3n) is 4.14. The van der Waals surface area contributed by atoms with Crippen molar-refractivity contribution in [1.29, 1.82) is 0 Å². The number of hydrogen-bond donors (Lipinski definition) is 1.